The van der Waals surface area contributed by atoms with Gasteiger partial charge in [0.1, 0.15) is 13.2 Å². The van der Waals surface area contributed by atoms with Crippen LogP contribution >= 0.6 is 0 Å². The van der Waals surface area contributed by atoms with Crippen molar-refractivity contribution >= 4 is 17.6 Å². The van der Waals surface area contributed by atoms with Gasteiger partial charge in [-0.3, -0.25) is 15.0 Å². The highest BCUT2D eigenvalue weighted by Crippen LogP contribution is 2.41. The summed E-state index contributed by atoms with van der Waals surface area (Å²) in [4.78, 5) is 27.2. The van der Waals surface area contributed by atoms with Crippen molar-refractivity contribution in [2.75, 3.05) is 25.1 Å². The molecule has 1 atom stereocenters. The van der Waals surface area contributed by atoms with Crippen molar-refractivity contribution in [2.24, 2.45) is 0 Å². The van der Waals surface area contributed by atoms with Gasteiger partial charge < -0.3 is 14.8 Å². The maximum Gasteiger partial charge on any atom is 0.325 e. The van der Waals surface area contributed by atoms with Crippen LogP contribution < -0.4 is 20.1 Å². The number of urea groups is 1. The van der Waals surface area contributed by atoms with Gasteiger partial charge >= 0.3 is 6.03 Å². The first kappa shape index (κ1) is 18.9. The Labute approximate surface area is 175 Å². The Bertz CT molecular complexity index is 973. The maximum absolute atomic E-state index is 12.6. The normalized spacial score (nSPS) is 19.3. The number of anilines is 1. The van der Waals surface area contributed by atoms with Crippen LogP contribution in [0.15, 0.2) is 42.5 Å². The summed E-state index contributed by atoms with van der Waals surface area (Å²) in [5.74, 6) is 0.951. The SMILES string of the molecule is O=C(CN(C1CC1)C1CCc2ccccc21)NC(=O)Nc1ccc2c(c1)OCCO2. The summed E-state index contributed by atoms with van der Waals surface area (Å²) in [5.41, 5.74) is 3.23. The molecule has 0 saturated heterocycles. The lowest BCUT2D eigenvalue weighted by Gasteiger charge is -2.29. The molecular weight excluding hydrogens is 382 g/mol. The van der Waals surface area contributed by atoms with Crippen molar-refractivity contribution in [3.05, 3.63) is 53.6 Å². The molecule has 3 amide bonds. The number of benzene rings is 2. The monoisotopic (exact) mass is 407 g/mol. The molecule has 0 radical (unpaired) electrons. The first-order valence-corrected chi connectivity index (χ1v) is 10.5. The number of imide groups is 1. The number of aryl methyl sites for hydroxylation is 1. The molecule has 0 bridgehead atoms. The van der Waals surface area contributed by atoms with E-state index in [1.165, 1.54) is 11.1 Å². The average molecular weight is 407 g/mol. The van der Waals surface area contributed by atoms with Crippen LogP contribution in [0.5, 0.6) is 11.5 Å². The first-order chi connectivity index (χ1) is 14.7. The number of ether oxygens (including phenoxy) is 2. The molecule has 156 valence electrons. The van der Waals surface area contributed by atoms with Crippen LogP contribution in [-0.2, 0) is 11.2 Å². The fourth-order valence-electron chi connectivity index (χ4n) is 4.39. The van der Waals surface area contributed by atoms with Crippen LogP contribution in [0.4, 0.5) is 10.5 Å². The van der Waals surface area contributed by atoms with E-state index in [9.17, 15) is 9.59 Å². The van der Waals surface area contributed by atoms with Crippen molar-refractivity contribution in [1.29, 1.82) is 0 Å². The summed E-state index contributed by atoms with van der Waals surface area (Å²) in [6.45, 7) is 1.21. The van der Waals surface area contributed by atoms with Crippen molar-refractivity contribution in [1.82, 2.24) is 10.2 Å². The van der Waals surface area contributed by atoms with Gasteiger partial charge in [-0.05, 0) is 48.9 Å². The van der Waals surface area contributed by atoms with E-state index < -0.39 is 6.03 Å². The Morgan fingerprint density at radius 1 is 1.00 bits per heavy atom. The number of carbonyl (C=O) groups is 2. The molecule has 0 aromatic heterocycles. The van der Waals surface area contributed by atoms with Gasteiger partial charge in [0, 0.05) is 23.8 Å². The highest BCUT2D eigenvalue weighted by molar-refractivity contribution is 6.01. The van der Waals surface area contributed by atoms with E-state index in [-0.39, 0.29) is 18.5 Å². The summed E-state index contributed by atoms with van der Waals surface area (Å²) in [6, 6.07) is 13.8. The zero-order valence-corrected chi connectivity index (χ0v) is 16.7. The van der Waals surface area contributed by atoms with Gasteiger partial charge in [-0.2, -0.15) is 0 Å². The van der Waals surface area contributed by atoms with Crippen LogP contribution in [0.2, 0.25) is 0 Å². The van der Waals surface area contributed by atoms with Crippen molar-refractivity contribution < 1.29 is 19.1 Å². The van der Waals surface area contributed by atoms with E-state index in [0.717, 1.165) is 25.7 Å². The van der Waals surface area contributed by atoms with Gasteiger partial charge in [0.15, 0.2) is 11.5 Å². The molecule has 1 unspecified atom stereocenters. The molecule has 2 aromatic carbocycles. The Kier molecular flexibility index (Phi) is 5.04. The molecule has 1 aliphatic heterocycles. The molecule has 1 fully saturated rings. The predicted molar refractivity (Wildman–Crippen MR) is 112 cm³/mol. The molecule has 2 aromatic rings. The summed E-state index contributed by atoms with van der Waals surface area (Å²) in [5, 5.41) is 5.17. The number of amides is 3. The van der Waals surface area contributed by atoms with Crippen LogP contribution in [-0.4, -0.2) is 42.6 Å². The second-order valence-electron chi connectivity index (χ2n) is 8.02. The quantitative estimate of drug-likeness (QED) is 0.795. The number of carbonyl (C=O) groups excluding carboxylic acids is 2. The molecule has 2 N–H and O–H groups in total. The van der Waals surface area contributed by atoms with Gasteiger partial charge in [0.25, 0.3) is 0 Å². The third-order valence-corrected chi connectivity index (χ3v) is 5.90. The van der Waals surface area contributed by atoms with Gasteiger partial charge in [0.2, 0.25) is 5.91 Å². The summed E-state index contributed by atoms with van der Waals surface area (Å²) >= 11 is 0. The highest BCUT2D eigenvalue weighted by Gasteiger charge is 2.38. The molecule has 7 nitrogen and oxygen atoms in total. The molecular formula is C23H25N3O4. The van der Waals surface area contributed by atoms with Crippen molar-refractivity contribution in [3.63, 3.8) is 0 Å². The largest absolute Gasteiger partial charge is 0.486 e. The molecule has 2 aliphatic carbocycles. The van der Waals surface area contributed by atoms with E-state index >= 15 is 0 Å². The van der Waals surface area contributed by atoms with Crippen molar-refractivity contribution in [2.45, 2.75) is 37.8 Å². The van der Waals surface area contributed by atoms with Gasteiger partial charge in [-0.15, -0.1) is 0 Å². The Balaban J connectivity index is 1.20. The summed E-state index contributed by atoms with van der Waals surface area (Å²) < 4.78 is 11.0. The Morgan fingerprint density at radius 3 is 2.63 bits per heavy atom. The summed E-state index contributed by atoms with van der Waals surface area (Å²) in [6.07, 6.45) is 4.27. The van der Waals surface area contributed by atoms with E-state index in [1.54, 1.807) is 18.2 Å². The predicted octanol–water partition coefficient (Wildman–Crippen LogP) is 3.26. The fourth-order valence-corrected chi connectivity index (χ4v) is 4.39. The third kappa shape index (κ3) is 3.98. The third-order valence-electron chi connectivity index (χ3n) is 5.90. The average Bonchev–Trinajstić information content (AvgIpc) is 3.51. The summed E-state index contributed by atoms with van der Waals surface area (Å²) in [7, 11) is 0. The molecule has 5 rings (SSSR count). The molecule has 3 aliphatic rings. The van der Waals surface area contributed by atoms with E-state index in [4.69, 9.17) is 9.47 Å². The topological polar surface area (TPSA) is 79.9 Å². The maximum atomic E-state index is 12.6. The molecule has 1 heterocycles. The first-order valence-electron chi connectivity index (χ1n) is 10.5. The molecule has 1 saturated carbocycles. The zero-order valence-electron chi connectivity index (χ0n) is 16.7. The standard InChI is InChI=1S/C23H25N3O4/c27-22(25-23(28)24-16-6-10-20-21(13-16)30-12-11-29-20)14-26(17-7-8-17)19-9-5-15-3-1-2-4-18(15)19/h1-4,6,10,13,17,19H,5,7-9,11-12,14H2,(H2,24,25,27,28). The minimum Gasteiger partial charge on any atom is -0.486 e. The lowest BCUT2D eigenvalue weighted by molar-refractivity contribution is -0.121. The van der Waals surface area contributed by atoms with E-state index in [0.29, 0.717) is 36.4 Å². The van der Waals surface area contributed by atoms with Gasteiger partial charge in [0.05, 0.1) is 6.54 Å². The van der Waals surface area contributed by atoms with Crippen molar-refractivity contribution in [3.8, 4) is 11.5 Å². The van der Waals surface area contributed by atoms with Crippen LogP contribution in [0.1, 0.15) is 36.4 Å². The van der Waals surface area contributed by atoms with E-state index in [2.05, 4.69) is 39.8 Å². The highest BCUT2D eigenvalue weighted by atomic mass is 16.6. The zero-order chi connectivity index (χ0) is 20.5. The molecule has 7 heteroatoms. The second kappa shape index (κ2) is 7.99. The van der Waals surface area contributed by atoms with Crippen LogP contribution in [0, 0.1) is 0 Å². The minimum atomic E-state index is -0.542. The smallest absolute Gasteiger partial charge is 0.325 e. The second-order valence-corrected chi connectivity index (χ2v) is 8.02. The van der Waals surface area contributed by atoms with Gasteiger partial charge in [-0.1, -0.05) is 24.3 Å². The fraction of sp³-hybridized carbons (Fsp3) is 0.391. The number of hydrogen-bond donors (Lipinski definition) is 2. The number of rotatable bonds is 5. The number of nitrogens with one attached hydrogen (secondary N) is 2. The van der Waals surface area contributed by atoms with Crippen LogP contribution in [0.25, 0.3) is 0 Å². The lowest BCUT2D eigenvalue weighted by Crippen LogP contribution is -2.43. The molecule has 0 spiro atoms. The number of nitrogens with zero attached hydrogens (tertiary/aromatic N) is 1. The molecule has 30 heavy (non-hydrogen) atoms. The number of fused-ring (bicyclic) bond motifs is 2. The van der Waals surface area contributed by atoms with Crippen LogP contribution in [0.3, 0.4) is 0 Å². The minimum absolute atomic E-state index is 0.220. The Morgan fingerprint density at radius 2 is 1.80 bits per heavy atom. The van der Waals surface area contributed by atoms with E-state index in [1.807, 2.05) is 0 Å². The number of hydrogen-bond acceptors (Lipinski definition) is 5. The Hall–Kier alpha value is -3.06. The lowest BCUT2D eigenvalue weighted by atomic mass is 10.1. The van der Waals surface area contributed by atoms with Gasteiger partial charge in [-0.25, -0.2) is 4.79 Å².